The van der Waals surface area contributed by atoms with Crippen molar-refractivity contribution in [2.24, 2.45) is 0 Å². The zero-order chi connectivity index (χ0) is 15.2. The van der Waals surface area contributed by atoms with Crippen molar-refractivity contribution in [3.63, 3.8) is 0 Å². The van der Waals surface area contributed by atoms with Crippen molar-refractivity contribution in [3.05, 3.63) is 37.1 Å². The van der Waals surface area contributed by atoms with Crippen LogP contribution in [0.2, 0.25) is 0 Å². The molecule has 0 saturated heterocycles. The second kappa shape index (κ2) is 7.06. The largest absolute Gasteiger partial charge is 0.481 e. The average molecular weight is 299 g/mol. The van der Waals surface area contributed by atoms with E-state index in [0.29, 0.717) is 0 Å². The van der Waals surface area contributed by atoms with Gasteiger partial charge in [-0.3, -0.25) is 4.90 Å². The Balaban J connectivity index is 2.94. The normalized spacial score (nSPS) is 11.2. The minimum absolute atomic E-state index is 0.0418. The molecule has 1 aromatic carbocycles. The first-order valence-corrected chi connectivity index (χ1v) is 7.41. The molecule has 0 N–H and O–H groups in total. The van der Waals surface area contributed by atoms with E-state index in [1.165, 1.54) is 17.0 Å². The van der Waals surface area contributed by atoms with E-state index in [-0.39, 0.29) is 23.1 Å². The van der Waals surface area contributed by atoms with Gasteiger partial charge in [0.05, 0.1) is 6.26 Å². The molecule has 0 radical (unpaired) electrons. The van der Waals surface area contributed by atoms with E-state index in [1.54, 1.807) is 26.2 Å². The molecule has 20 heavy (non-hydrogen) atoms. The van der Waals surface area contributed by atoms with Crippen LogP contribution in [0.25, 0.3) is 0 Å². The van der Waals surface area contributed by atoms with Gasteiger partial charge in [0.25, 0.3) is 0 Å². The second-order valence-corrected chi connectivity index (χ2v) is 6.14. The van der Waals surface area contributed by atoms with E-state index >= 15 is 0 Å². The summed E-state index contributed by atoms with van der Waals surface area (Å²) in [5.74, 6) is -0.681. The van der Waals surface area contributed by atoms with Gasteiger partial charge in [0.15, 0.2) is 16.4 Å². The SMILES string of the molecule is C=COC(=O)COc1ccccc1S(=O)(=O)CN(C)C. The third-order valence-corrected chi connectivity index (χ3v) is 4.04. The fourth-order valence-corrected chi connectivity index (χ4v) is 3.04. The molecule has 7 heteroatoms. The van der Waals surface area contributed by atoms with Crippen LogP contribution in [0.3, 0.4) is 0 Å². The first kappa shape index (κ1) is 16.2. The van der Waals surface area contributed by atoms with Crippen molar-refractivity contribution in [3.8, 4) is 5.75 Å². The molecule has 0 amide bonds. The quantitative estimate of drug-likeness (QED) is 0.553. The molecular weight excluding hydrogens is 282 g/mol. The molecule has 1 aromatic rings. The Labute approximate surface area is 118 Å². The van der Waals surface area contributed by atoms with Crippen molar-refractivity contribution in [1.29, 1.82) is 0 Å². The van der Waals surface area contributed by atoms with Crippen molar-refractivity contribution in [1.82, 2.24) is 4.90 Å². The summed E-state index contributed by atoms with van der Waals surface area (Å²) in [4.78, 5) is 12.8. The predicted molar refractivity (Wildman–Crippen MR) is 74.0 cm³/mol. The molecular formula is C13H17NO5S. The molecule has 1 rings (SSSR count). The van der Waals surface area contributed by atoms with Crippen molar-refractivity contribution in [2.75, 3.05) is 26.6 Å². The lowest BCUT2D eigenvalue weighted by Crippen LogP contribution is -2.23. The summed E-state index contributed by atoms with van der Waals surface area (Å²) in [6.07, 6.45) is 0.986. The molecule has 0 atom stereocenters. The van der Waals surface area contributed by atoms with Crippen LogP contribution in [0.4, 0.5) is 0 Å². The van der Waals surface area contributed by atoms with E-state index in [1.807, 2.05) is 0 Å². The van der Waals surface area contributed by atoms with Gasteiger partial charge in [-0.15, -0.1) is 0 Å². The van der Waals surface area contributed by atoms with Gasteiger partial charge in [0, 0.05) is 0 Å². The highest BCUT2D eigenvalue weighted by atomic mass is 32.2. The summed E-state index contributed by atoms with van der Waals surface area (Å²) in [5.41, 5.74) is 0. The lowest BCUT2D eigenvalue weighted by Gasteiger charge is -2.14. The number of nitrogens with zero attached hydrogens (tertiary/aromatic N) is 1. The Morgan fingerprint density at radius 1 is 1.35 bits per heavy atom. The lowest BCUT2D eigenvalue weighted by molar-refractivity contribution is -0.140. The number of sulfone groups is 1. The van der Waals surface area contributed by atoms with Crippen LogP contribution >= 0.6 is 0 Å². The van der Waals surface area contributed by atoms with Gasteiger partial charge in [-0.05, 0) is 26.2 Å². The highest BCUT2D eigenvalue weighted by Crippen LogP contribution is 2.24. The highest BCUT2D eigenvalue weighted by molar-refractivity contribution is 7.91. The molecule has 0 aliphatic rings. The highest BCUT2D eigenvalue weighted by Gasteiger charge is 2.20. The molecule has 0 aliphatic heterocycles. The van der Waals surface area contributed by atoms with Crippen LogP contribution in [0.5, 0.6) is 5.75 Å². The summed E-state index contributed by atoms with van der Waals surface area (Å²) in [6, 6.07) is 6.15. The molecule has 0 saturated carbocycles. The van der Waals surface area contributed by atoms with Gasteiger partial charge in [0.1, 0.15) is 16.5 Å². The second-order valence-electron chi connectivity index (χ2n) is 4.22. The van der Waals surface area contributed by atoms with E-state index in [2.05, 4.69) is 11.3 Å². The van der Waals surface area contributed by atoms with Gasteiger partial charge < -0.3 is 9.47 Å². The number of ether oxygens (including phenoxy) is 2. The predicted octanol–water partition coefficient (Wildman–Crippen LogP) is 1.04. The van der Waals surface area contributed by atoms with Crippen LogP contribution < -0.4 is 4.74 Å². The summed E-state index contributed by atoms with van der Waals surface area (Å²) < 4.78 is 34.1. The van der Waals surface area contributed by atoms with Crippen LogP contribution in [0.15, 0.2) is 42.0 Å². The fraction of sp³-hybridized carbons (Fsp3) is 0.308. The molecule has 0 spiro atoms. The Bertz CT molecular complexity index is 580. The zero-order valence-electron chi connectivity index (χ0n) is 11.4. The maximum Gasteiger partial charge on any atom is 0.348 e. The summed E-state index contributed by atoms with van der Waals surface area (Å²) in [5, 5.41) is 0. The summed E-state index contributed by atoms with van der Waals surface area (Å²) in [6.45, 7) is 2.86. The number of esters is 1. The first-order chi connectivity index (χ1) is 9.36. The molecule has 6 nitrogen and oxygen atoms in total. The molecule has 0 unspecified atom stereocenters. The molecule has 0 heterocycles. The van der Waals surface area contributed by atoms with E-state index in [0.717, 1.165) is 6.26 Å². The van der Waals surface area contributed by atoms with Crippen LogP contribution in [-0.2, 0) is 19.4 Å². The third-order valence-electron chi connectivity index (χ3n) is 2.17. The number of rotatable bonds is 7. The molecule has 0 fully saturated rings. The molecule has 0 aliphatic carbocycles. The van der Waals surface area contributed by atoms with E-state index in [9.17, 15) is 13.2 Å². The number of para-hydroxylation sites is 1. The fourth-order valence-electron chi connectivity index (χ4n) is 1.50. The summed E-state index contributed by atoms with van der Waals surface area (Å²) >= 11 is 0. The van der Waals surface area contributed by atoms with Crippen molar-refractivity contribution in [2.45, 2.75) is 4.90 Å². The Morgan fingerprint density at radius 3 is 2.60 bits per heavy atom. The van der Waals surface area contributed by atoms with Crippen molar-refractivity contribution >= 4 is 15.8 Å². The van der Waals surface area contributed by atoms with Gasteiger partial charge >= 0.3 is 5.97 Å². The monoisotopic (exact) mass is 299 g/mol. The maximum absolute atomic E-state index is 12.2. The molecule has 0 aromatic heterocycles. The minimum Gasteiger partial charge on any atom is -0.481 e. The topological polar surface area (TPSA) is 72.9 Å². The molecule has 110 valence electrons. The number of carbonyl (C=O) groups excluding carboxylic acids is 1. The van der Waals surface area contributed by atoms with Crippen LogP contribution in [0.1, 0.15) is 0 Å². The van der Waals surface area contributed by atoms with Gasteiger partial charge in [-0.1, -0.05) is 18.7 Å². The van der Waals surface area contributed by atoms with Crippen molar-refractivity contribution < 1.29 is 22.7 Å². The maximum atomic E-state index is 12.2. The number of hydrogen-bond acceptors (Lipinski definition) is 6. The smallest absolute Gasteiger partial charge is 0.348 e. The Morgan fingerprint density at radius 2 is 2.00 bits per heavy atom. The van der Waals surface area contributed by atoms with Gasteiger partial charge in [-0.25, -0.2) is 13.2 Å². The number of benzene rings is 1. The third kappa shape index (κ3) is 4.67. The van der Waals surface area contributed by atoms with Crippen LogP contribution in [0, 0.1) is 0 Å². The van der Waals surface area contributed by atoms with Gasteiger partial charge in [0.2, 0.25) is 0 Å². The average Bonchev–Trinajstić information content (AvgIpc) is 2.35. The standard InChI is InChI=1S/C13H17NO5S/c1-4-18-13(15)9-19-11-7-5-6-8-12(11)20(16,17)10-14(2)3/h4-8H,1,9-10H2,2-3H3. The number of carbonyl (C=O) groups is 1. The number of hydrogen-bond donors (Lipinski definition) is 0. The Hall–Kier alpha value is -1.86. The Kier molecular flexibility index (Phi) is 5.72. The van der Waals surface area contributed by atoms with E-state index < -0.39 is 15.8 Å². The van der Waals surface area contributed by atoms with Crippen LogP contribution in [-0.4, -0.2) is 45.9 Å². The summed E-state index contributed by atoms with van der Waals surface area (Å²) in [7, 11) is -0.211. The van der Waals surface area contributed by atoms with E-state index in [4.69, 9.17) is 4.74 Å². The lowest BCUT2D eigenvalue weighted by atomic mass is 10.3. The first-order valence-electron chi connectivity index (χ1n) is 5.76. The minimum atomic E-state index is -3.52. The molecule has 0 bridgehead atoms. The zero-order valence-corrected chi connectivity index (χ0v) is 12.2. The van der Waals surface area contributed by atoms with Gasteiger partial charge in [-0.2, -0.15) is 0 Å².